The van der Waals surface area contributed by atoms with Gasteiger partial charge < -0.3 is 4.90 Å². The van der Waals surface area contributed by atoms with Crippen LogP contribution in [0, 0.1) is 11.3 Å². The molecular weight excluding hydrogens is 238 g/mol. The highest BCUT2D eigenvalue weighted by atomic mass is 16.2. The van der Waals surface area contributed by atoms with Gasteiger partial charge in [0.15, 0.2) is 0 Å². The summed E-state index contributed by atoms with van der Waals surface area (Å²) in [6.07, 6.45) is 0.679. The number of piperazine rings is 1. The third-order valence-electron chi connectivity index (χ3n) is 3.42. The van der Waals surface area contributed by atoms with Crippen LogP contribution >= 0.6 is 0 Å². The SMILES string of the molecule is N#CCCC(=O)N1CCN(Cc2ccccc2)CC1. The Hall–Kier alpha value is -1.86. The van der Waals surface area contributed by atoms with Crippen molar-refractivity contribution in [1.29, 1.82) is 5.26 Å². The van der Waals surface area contributed by atoms with Crippen LogP contribution in [-0.2, 0) is 11.3 Å². The Balaban J connectivity index is 1.76. The Morgan fingerprint density at radius 3 is 2.47 bits per heavy atom. The van der Waals surface area contributed by atoms with E-state index in [1.54, 1.807) is 0 Å². The van der Waals surface area contributed by atoms with Gasteiger partial charge in [-0.3, -0.25) is 9.69 Å². The quantitative estimate of drug-likeness (QED) is 0.823. The number of amides is 1. The molecule has 1 heterocycles. The Labute approximate surface area is 114 Å². The second-order valence-corrected chi connectivity index (χ2v) is 4.80. The summed E-state index contributed by atoms with van der Waals surface area (Å²) in [5.74, 6) is 0.112. The lowest BCUT2D eigenvalue weighted by atomic mass is 10.2. The molecule has 1 fully saturated rings. The van der Waals surface area contributed by atoms with Crippen molar-refractivity contribution in [3.05, 3.63) is 35.9 Å². The Morgan fingerprint density at radius 1 is 1.16 bits per heavy atom. The van der Waals surface area contributed by atoms with E-state index in [1.165, 1.54) is 5.56 Å². The molecule has 4 heteroatoms. The van der Waals surface area contributed by atoms with Crippen molar-refractivity contribution in [3.8, 4) is 6.07 Å². The largest absolute Gasteiger partial charge is 0.340 e. The maximum atomic E-state index is 11.8. The van der Waals surface area contributed by atoms with Crippen LogP contribution in [0.2, 0.25) is 0 Å². The summed E-state index contributed by atoms with van der Waals surface area (Å²) in [7, 11) is 0. The van der Waals surface area contributed by atoms with Crippen molar-refractivity contribution in [3.63, 3.8) is 0 Å². The van der Waals surface area contributed by atoms with Crippen LogP contribution in [-0.4, -0.2) is 41.9 Å². The Bertz CT molecular complexity index is 444. The van der Waals surface area contributed by atoms with E-state index in [-0.39, 0.29) is 5.91 Å². The van der Waals surface area contributed by atoms with Crippen molar-refractivity contribution in [2.45, 2.75) is 19.4 Å². The molecule has 1 aliphatic rings. The van der Waals surface area contributed by atoms with Gasteiger partial charge in [0.25, 0.3) is 0 Å². The molecule has 0 aromatic heterocycles. The number of rotatable bonds is 4. The fourth-order valence-electron chi connectivity index (χ4n) is 2.32. The maximum Gasteiger partial charge on any atom is 0.223 e. The van der Waals surface area contributed by atoms with Crippen molar-refractivity contribution in [1.82, 2.24) is 9.80 Å². The summed E-state index contributed by atoms with van der Waals surface area (Å²) >= 11 is 0. The average molecular weight is 257 g/mol. The third kappa shape index (κ3) is 4.08. The van der Waals surface area contributed by atoms with E-state index in [0.29, 0.717) is 12.8 Å². The first-order chi connectivity index (χ1) is 9.29. The minimum Gasteiger partial charge on any atom is -0.340 e. The van der Waals surface area contributed by atoms with Gasteiger partial charge in [0, 0.05) is 45.6 Å². The van der Waals surface area contributed by atoms with Crippen molar-refractivity contribution < 1.29 is 4.79 Å². The second-order valence-electron chi connectivity index (χ2n) is 4.80. The van der Waals surface area contributed by atoms with E-state index in [9.17, 15) is 4.79 Å². The molecule has 0 bridgehead atoms. The molecule has 1 amide bonds. The van der Waals surface area contributed by atoms with Crippen molar-refractivity contribution >= 4 is 5.91 Å². The highest BCUT2D eigenvalue weighted by molar-refractivity contribution is 5.76. The summed E-state index contributed by atoms with van der Waals surface area (Å²) in [6.45, 7) is 4.32. The first-order valence-corrected chi connectivity index (χ1v) is 6.70. The van der Waals surface area contributed by atoms with Gasteiger partial charge in [-0.15, -0.1) is 0 Å². The molecule has 2 rings (SSSR count). The second kappa shape index (κ2) is 6.91. The van der Waals surface area contributed by atoms with Crippen LogP contribution in [0.4, 0.5) is 0 Å². The molecule has 19 heavy (non-hydrogen) atoms. The van der Waals surface area contributed by atoms with Crippen LogP contribution in [0.1, 0.15) is 18.4 Å². The predicted octanol–water partition coefficient (Wildman–Crippen LogP) is 1.63. The fraction of sp³-hybridized carbons (Fsp3) is 0.467. The van der Waals surface area contributed by atoms with E-state index in [2.05, 4.69) is 29.2 Å². The molecule has 0 atom stereocenters. The van der Waals surface area contributed by atoms with Gasteiger partial charge in [0.1, 0.15) is 0 Å². The normalized spacial score (nSPS) is 16.1. The molecule has 100 valence electrons. The minimum atomic E-state index is 0.112. The maximum absolute atomic E-state index is 11.8. The highest BCUT2D eigenvalue weighted by Gasteiger charge is 2.20. The number of hydrogen-bond acceptors (Lipinski definition) is 3. The van der Waals surface area contributed by atoms with E-state index in [1.807, 2.05) is 17.0 Å². The Morgan fingerprint density at radius 2 is 1.84 bits per heavy atom. The molecule has 1 saturated heterocycles. The van der Waals surface area contributed by atoms with Gasteiger partial charge in [-0.2, -0.15) is 5.26 Å². The molecule has 0 radical (unpaired) electrons. The standard InChI is InChI=1S/C15H19N3O/c16-8-4-7-15(19)18-11-9-17(10-12-18)13-14-5-2-1-3-6-14/h1-3,5-6H,4,7,9-13H2. The highest BCUT2D eigenvalue weighted by Crippen LogP contribution is 2.09. The summed E-state index contributed by atoms with van der Waals surface area (Å²) in [5, 5.41) is 8.49. The zero-order valence-electron chi connectivity index (χ0n) is 11.1. The van der Waals surface area contributed by atoms with Crippen LogP contribution < -0.4 is 0 Å². The fourth-order valence-corrected chi connectivity index (χ4v) is 2.32. The average Bonchev–Trinajstić information content (AvgIpc) is 2.46. The number of carbonyl (C=O) groups excluding carboxylic acids is 1. The van der Waals surface area contributed by atoms with Crippen LogP contribution in [0.3, 0.4) is 0 Å². The lowest BCUT2D eigenvalue weighted by Gasteiger charge is -2.34. The van der Waals surface area contributed by atoms with Gasteiger partial charge in [-0.25, -0.2) is 0 Å². The molecule has 0 N–H and O–H groups in total. The monoisotopic (exact) mass is 257 g/mol. The van der Waals surface area contributed by atoms with E-state index in [0.717, 1.165) is 32.7 Å². The third-order valence-corrected chi connectivity index (χ3v) is 3.42. The van der Waals surface area contributed by atoms with Crippen LogP contribution in [0.5, 0.6) is 0 Å². The summed E-state index contributed by atoms with van der Waals surface area (Å²) in [6, 6.07) is 12.4. The van der Waals surface area contributed by atoms with Gasteiger partial charge in [0.05, 0.1) is 6.07 Å². The minimum absolute atomic E-state index is 0.112. The summed E-state index contributed by atoms with van der Waals surface area (Å²) in [5.41, 5.74) is 1.31. The van der Waals surface area contributed by atoms with Crippen LogP contribution in [0.15, 0.2) is 30.3 Å². The molecule has 0 unspecified atom stereocenters. The van der Waals surface area contributed by atoms with Gasteiger partial charge in [-0.1, -0.05) is 30.3 Å². The number of carbonyl (C=O) groups is 1. The number of nitrogens with zero attached hydrogens (tertiary/aromatic N) is 3. The molecule has 0 spiro atoms. The molecule has 0 aliphatic carbocycles. The van der Waals surface area contributed by atoms with Gasteiger partial charge in [-0.05, 0) is 5.56 Å². The van der Waals surface area contributed by atoms with Crippen molar-refractivity contribution in [2.75, 3.05) is 26.2 Å². The smallest absolute Gasteiger partial charge is 0.223 e. The Kier molecular flexibility index (Phi) is 4.93. The number of hydrogen-bond donors (Lipinski definition) is 0. The summed E-state index contributed by atoms with van der Waals surface area (Å²) in [4.78, 5) is 16.0. The first-order valence-electron chi connectivity index (χ1n) is 6.70. The number of nitriles is 1. The topological polar surface area (TPSA) is 47.3 Å². The lowest BCUT2D eigenvalue weighted by molar-refractivity contribution is -0.132. The molecule has 1 aliphatic heterocycles. The predicted molar refractivity (Wildman–Crippen MR) is 73.1 cm³/mol. The zero-order valence-corrected chi connectivity index (χ0v) is 11.1. The van der Waals surface area contributed by atoms with Crippen molar-refractivity contribution in [2.24, 2.45) is 0 Å². The lowest BCUT2D eigenvalue weighted by Crippen LogP contribution is -2.48. The summed E-state index contributed by atoms with van der Waals surface area (Å²) < 4.78 is 0. The molecule has 4 nitrogen and oxygen atoms in total. The molecule has 1 aromatic carbocycles. The molecule has 0 saturated carbocycles. The van der Waals surface area contributed by atoms with E-state index in [4.69, 9.17) is 5.26 Å². The van der Waals surface area contributed by atoms with Gasteiger partial charge in [0.2, 0.25) is 5.91 Å². The van der Waals surface area contributed by atoms with E-state index < -0.39 is 0 Å². The zero-order chi connectivity index (χ0) is 13.5. The first kappa shape index (κ1) is 13.6. The van der Waals surface area contributed by atoms with Gasteiger partial charge >= 0.3 is 0 Å². The molecule has 1 aromatic rings. The molecular formula is C15H19N3O. The van der Waals surface area contributed by atoms with Crippen LogP contribution in [0.25, 0.3) is 0 Å². The van der Waals surface area contributed by atoms with E-state index >= 15 is 0 Å². The number of benzene rings is 1.